The van der Waals surface area contributed by atoms with E-state index >= 15 is 0 Å². The van der Waals surface area contributed by atoms with Gasteiger partial charge in [-0.2, -0.15) is 0 Å². The van der Waals surface area contributed by atoms with Gasteiger partial charge < -0.3 is 13.6 Å². The van der Waals surface area contributed by atoms with Crippen molar-refractivity contribution in [2.45, 2.75) is 13.1 Å². The Morgan fingerprint density at radius 2 is 2.10 bits per heavy atom. The molecule has 0 aromatic carbocycles. The maximum absolute atomic E-state index is 11.8. The van der Waals surface area contributed by atoms with Gasteiger partial charge in [0.2, 0.25) is 0 Å². The zero-order valence-electron chi connectivity index (χ0n) is 12.6. The Kier molecular flexibility index (Phi) is 5.86. The minimum atomic E-state index is -1.91. The van der Waals surface area contributed by atoms with Crippen LogP contribution in [0.15, 0.2) is 24.5 Å². The molecule has 21 heavy (non-hydrogen) atoms. The number of hydrogen-bond acceptors (Lipinski definition) is 6. The average Bonchev–Trinajstić information content (AvgIpc) is 2.45. The first-order chi connectivity index (χ1) is 10.1. The lowest BCUT2D eigenvalue weighted by Crippen LogP contribution is -2.45. The molecule has 2 heterocycles. The van der Waals surface area contributed by atoms with Crippen molar-refractivity contribution in [2.75, 3.05) is 39.5 Å². The highest BCUT2D eigenvalue weighted by Gasteiger charge is 2.26. The molecule has 0 saturated carbocycles. The van der Waals surface area contributed by atoms with Crippen LogP contribution in [-0.4, -0.2) is 63.9 Å². The van der Waals surface area contributed by atoms with E-state index in [9.17, 15) is 4.79 Å². The van der Waals surface area contributed by atoms with Crippen LogP contribution in [0, 0.1) is 0 Å². The number of hydrogen-bond donors (Lipinski definition) is 0. The first-order valence-corrected chi connectivity index (χ1v) is 9.96. The second kappa shape index (κ2) is 7.65. The molecule has 0 atom stereocenters. The van der Waals surface area contributed by atoms with Gasteiger partial charge in [-0.3, -0.25) is 9.88 Å². The van der Waals surface area contributed by atoms with E-state index in [-0.39, 0.29) is 5.97 Å². The van der Waals surface area contributed by atoms with Crippen LogP contribution in [0.5, 0.6) is 0 Å². The van der Waals surface area contributed by atoms with Gasteiger partial charge in [0, 0.05) is 45.2 Å². The lowest BCUT2D eigenvalue weighted by atomic mass is 10.3. The number of esters is 1. The Morgan fingerprint density at radius 1 is 1.38 bits per heavy atom. The molecule has 1 aliphatic rings. The van der Waals surface area contributed by atoms with Gasteiger partial charge in [0.15, 0.2) is 0 Å². The number of nitrogens with zero attached hydrogens (tertiary/aromatic N) is 2. The van der Waals surface area contributed by atoms with E-state index in [0.717, 1.165) is 13.1 Å². The summed E-state index contributed by atoms with van der Waals surface area (Å²) in [6, 6.07) is 3.41. The van der Waals surface area contributed by atoms with Crippen LogP contribution in [0.3, 0.4) is 0 Å². The highest BCUT2D eigenvalue weighted by Crippen LogP contribution is 2.09. The third-order valence-corrected chi connectivity index (χ3v) is 5.05. The molecule has 0 N–H and O–H groups in total. The molecule has 0 amide bonds. The second-order valence-electron chi connectivity index (χ2n) is 5.32. The van der Waals surface area contributed by atoms with Crippen LogP contribution in [-0.2, 0) is 13.6 Å². The largest absolute Gasteiger partial charge is 0.461 e. The molecular weight excluding hydrogens is 288 g/mol. The smallest absolute Gasteiger partial charge is 0.339 e. The molecule has 6 nitrogen and oxygen atoms in total. The fourth-order valence-corrected chi connectivity index (χ4v) is 3.30. The van der Waals surface area contributed by atoms with Gasteiger partial charge in [-0.25, -0.2) is 4.79 Å². The molecule has 0 radical (unpaired) electrons. The summed E-state index contributed by atoms with van der Waals surface area (Å²) in [4.78, 5) is 17.9. The first-order valence-electron chi connectivity index (χ1n) is 7.14. The molecule has 7 heteroatoms. The highest BCUT2D eigenvalue weighted by molar-refractivity contribution is 6.64. The summed E-state index contributed by atoms with van der Waals surface area (Å²) in [5.74, 6) is -0.337. The molecule has 1 fully saturated rings. The summed E-state index contributed by atoms with van der Waals surface area (Å²) >= 11 is 0. The lowest BCUT2D eigenvalue weighted by Gasteiger charge is -2.31. The van der Waals surface area contributed by atoms with Crippen molar-refractivity contribution in [3.8, 4) is 0 Å². The quantitative estimate of drug-likeness (QED) is 0.617. The van der Waals surface area contributed by atoms with E-state index in [1.54, 1.807) is 18.3 Å². The minimum absolute atomic E-state index is 0.337. The summed E-state index contributed by atoms with van der Waals surface area (Å²) in [7, 11) is -1.91. The Bertz CT molecular complexity index is 444. The van der Waals surface area contributed by atoms with Crippen molar-refractivity contribution < 1.29 is 18.4 Å². The average molecular weight is 310 g/mol. The summed E-state index contributed by atoms with van der Waals surface area (Å²) < 4.78 is 16.8. The molecule has 0 spiro atoms. The van der Waals surface area contributed by atoms with E-state index in [1.165, 1.54) is 6.20 Å². The molecular formula is C14H22N2O4Si. The van der Waals surface area contributed by atoms with Crippen molar-refractivity contribution in [3.63, 3.8) is 0 Å². The molecule has 1 aromatic heterocycles. The topological polar surface area (TPSA) is 60.9 Å². The molecule has 2 rings (SSSR count). The van der Waals surface area contributed by atoms with Gasteiger partial charge in [-0.15, -0.1) is 0 Å². The van der Waals surface area contributed by atoms with Gasteiger partial charge in [-0.1, -0.05) is 0 Å². The molecule has 116 valence electrons. The van der Waals surface area contributed by atoms with Gasteiger partial charge >= 0.3 is 14.5 Å². The minimum Gasteiger partial charge on any atom is -0.461 e. The van der Waals surface area contributed by atoms with Crippen molar-refractivity contribution in [1.82, 2.24) is 9.88 Å². The first kappa shape index (κ1) is 16.1. The number of rotatable bonds is 4. The van der Waals surface area contributed by atoms with Gasteiger partial charge in [0.25, 0.3) is 0 Å². The predicted molar refractivity (Wildman–Crippen MR) is 80.3 cm³/mol. The van der Waals surface area contributed by atoms with Crippen molar-refractivity contribution in [3.05, 3.63) is 30.1 Å². The van der Waals surface area contributed by atoms with E-state index in [1.807, 2.05) is 0 Å². The van der Waals surface area contributed by atoms with Crippen LogP contribution < -0.4 is 0 Å². The van der Waals surface area contributed by atoms with E-state index < -0.39 is 8.56 Å². The summed E-state index contributed by atoms with van der Waals surface area (Å²) in [5, 5.41) is 0. The highest BCUT2D eigenvalue weighted by atomic mass is 28.4. The van der Waals surface area contributed by atoms with Crippen molar-refractivity contribution in [1.29, 1.82) is 0 Å². The zero-order chi connectivity index (χ0) is 15.1. The maximum atomic E-state index is 11.8. The number of aromatic nitrogens is 1. The number of carbonyl (C=O) groups is 1. The Balaban J connectivity index is 1.70. The van der Waals surface area contributed by atoms with Crippen molar-refractivity contribution >= 4 is 14.5 Å². The second-order valence-corrected chi connectivity index (χ2v) is 8.69. The van der Waals surface area contributed by atoms with E-state index in [0.29, 0.717) is 31.9 Å². The fraction of sp³-hybridized carbons (Fsp3) is 0.571. The fourth-order valence-electron chi connectivity index (χ4n) is 2.05. The molecule has 0 aliphatic carbocycles. The van der Waals surface area contributed by atoms with E-state index in [2.05, 4.69) is 23.0 Å². The Labute approximate surface area is 126 Å². The standard InChI is InChI=1S/C14H22N2O4Si/c1-21(2)19-10-7-16(8-11-20-21)6-9-18-14(17)13-4-3-5-15-12-13/h3-5,12H,6-11H2,1-2H3. The third kappa shape index (κ3) is 5.54. The van der Waals surface area contributed by atoms with Gasteiger partial charge in [-0.05, 0) is 25.2 Å². The number of pyridine rings is 1. The van der Waals surface area contributed by atoms with Crippen LogP contribution >= 0.6 is 0 Å². The molecule has 0 unspecified atom stereocenters. The third-order valence-electron chi connectivity index (χ3n) is 3.25. The van der Waals surface area contributed by atoms with Crippen LogP contribution in [0.1, 0.15) is 10.4 Å². The molecule has 1 saturated heterocycles. The Morgan fingerprint density at radius 3 is 2.71 bits per heavy atom. The normalized spacial score (nSPS) is 19.5. The van der Waals surface area contributed by atoms with E-state index in [4.69, 9.17) is 13.6 Å². The van der Waals surface area contributed by atoms with Gasteiger partial charge in [0.1, 0.15) is 6.61 Å². The summed E-state index contributed by atoms with van der Waals surface area (Å²) in [6.45, 7) is 8.14. The summed E-state index contributed by atoms with van der Waals surface area (Å²) in [5.41, 5.74) is 0.476. The van der Waals surface area contributed by atoms with Crippen LogP contribution in [0.2, 0.25) is 13.1 Å². The SMILES string of the molecule is C[Si]1(C)OCCN(CCOC(=O)c2cccnc2)CCO1. The van der Waals surface area contributed by atoms with Gasteiger partial charge in [0.05, 0.1) is 5.56 Å². The maximum Gasteiger partial charge on any atom is 0.339 e. The predicted octanol–water partition coefficient (Wildman–Crippen LogP) is 1.29. The Hall–Kier alpha value is -1.28. The van der Waals surface area contributed by atoms with Crippen molar-refractivity contribution in [2.24, 2.45) is 0 Å². The zero-order valence-corrected chi connectivity index (χ0v) is 13.6. The molecule has 0 bridgehead atoms. The number of carbonyl (C=O) groups excluding carboxylic acids is 1. The molecule has 1 aromatic rings. The lowest BCUT2D eigenvalue weighted by molar-refractivity contribution is 0.0414. The number of ether oxygens (including phenoxy) is 1. The van der Waals surface area contributed by atoms with Crippen LogP contribution in [0.4, 0.5) is 0 Å². The molecule has 1 aliphatic heterocycles. The van der Waals surface area contributed by atoms with Crippen LogP contribution in [0.25, 0.3) is 0 Å². The summed E-state index contributed by atoms with van der Waals surface area (Å²) in [6.07, 6.45) is 3.13. The monoisotopic (exact) mass is 310 g/mol.